The van der Waals surface area contributed by atoms with Crippen molar-refractivity contribution in [1.82, 2.24) is 4.90 Å². The second kappa shape index (κ2) is 5.52. The van der Waals surface area contributed by atoms with E-state index in [1.807, 2.05) is 6.07 Å². The van der Waals surface area contributed by atoms with E-state index in [0.717, 1.165) is 29.3 Å². The number of likely N-dealkylation sites (tertiary alicyclic amines) is 1. The minimum Gasteiger partial charge on any atom is -0.486 e. The Morgan fingerprint density at radius 2 is 1.70 bits per heavy atom. The summed E-state index contributed by atoms with van der Waals surface area (Å²) in [5, 5.41) is 0. The average Bonchev–Trinajstić information content (AvgIpc) is 2.43. The fourth-order valence-electron chi connectivity index (χ4n) is 3.27. The molecule has 1 fully saturated rings. The normalized spacial score (nSPS) is 26.5. The van der Waals surface area contributed by atoms with Gasteiger partial charge in [-0.1, -0.05) is 6.42 Å². The van der Waals surface area contributed by atoms with Gasteiger partial charge in [0, 0.05) is 30.4 Å². The molecule has 1 aromatic rings. The van der Waals surface area contributed by atoms with Gasteiger partial charge in [-0.25, -0.2) is 0 Å². The number of hydrogen-bond acceptors (Lipinski definition) is 4. The molecule has 1 aromatic carbocycles. The number of nitrogens with two attached hydrogens (primary N) is 1. The first-order valence-electron chi connectivity index (χ1n) is 7.59. The lowest BCUT2D eigenvalue weighted by Gasteiger charge is -2.39. The number of nitrogen functional groups attached to an aromatic ring is 1. The molecule has 0 aliphatic carbocycles. The molecule has 4 nitrogen and oxygen atoms in total. The molecular weight excluding hydrogens is 252 g/mol. The van der Waals surface area contributed by atoms with Crippen molar-refractivity contribution in [3.05, 3.63) is 17.7 Å². The summed E-state index contributed by atoms with van der Waals surface area (Å²) in [5.41, 5.74) is 8.14. The van der Waals surface area contributed by atoms with Crippen LogP contribution in [-0.4, -0.2) is 30.2 Å². The SMILES string of the molecule is CC1CCCC(C)N1Cc1cc2c(cc1N)OCCO2. The summed E-state index contributed by atoms with van der Waals surface area (Å²) < 4.78 is 11.2. The number of anilines is 1. The third kappa shape index (κ3) is 2.57. The number of piperidine rings is 1. The molecule has 2 aliphatic heterocycles. The van der Waals surface area contributed by atoms with Gasteiger partial charge < -0.3 is 15.2 Å². The maximum absolute atomic E-state index is 6.19. The molecule has 2 N–H and O–H groups in total. The lowest BCUT2D eigenvalue weighted by atomic mass is 9.96. The Morgan fingerprint density at radius 1 is 1.10 bits per heavy atom. The summed E-state index contributed by atoms with van der Waals surface area (Å²) >= 11 is 0. The van der Waals surface area contributed by atoms with Crippen molar-refractivity contribution in [3.8, 4) is 11.5 Å². The molecule has 20 heavy (non-hydrogen) atoms. The zero-order valence-electron chi connectivity index (χ0n) is 12.4. The minimum absolute atomic E-state index is 0.603. The highest BCUT2D eigenvalue weighted by Gasteiger charge is 2.26. The van der Waals surface area contributed by atoms with E-state index >= 15 is 0 Å². The van der Waals surface area contributed by atoms with E-state index in [1.165, 1.54) is 19.3 Å². The highest BCUT2D eigenvalue weighted by atomic mass is 16.6. The molecule has 0 amide bonds. The van der Waals surface area contributed by atoms with Gasteiger partial charge in [0.05, 0.1) is 0 Å². The Labute approximate surface area is 120 Å². The maximum atomic E-state index is 6.19. The third-order valence-electron chi connectivity index (χ3n) is 4.53. The molecule has 3 rings (SSSR count). The molecular formula is C16H24N2O2. The van der Waals surface area contributed by atoms with E-state index in [4.69, 9.17) is 15.2 Å². The van der Waals surface area contributed by atoms with Gasteiger partial charge in [-0.05, 0) is 38.3 Å². The van der Waals surface area contributed by atoms with Crippen molar-refractivity contribution in [3.63, 3.8) is 0 Å². The molecule has 0 aromatic heterocycles. The first-order chi connectivity index (χ1) is 9.65. The van der Waals surface area contributed by atoms with Crippen LogP contribution in [0.1, 0.15) is 38.7 Å². The number of nitrogens with zero attached hydrogens (tertiary/aromatic N) is 1. The van der Waals surface area contributed by atoms with Crippen molar-refractivity contribution in [2.45, 2.75) is 51.7 Å². The molecule has 1 saturated heterocycles. The molecule has 4 heteroatoms. The van der Waals surface area contributed by atoms with Crippen molar-refractivity contribution in [2.75, 3.05) is 18.9 Å². The molecule has 2 heterocycles. The van der Waals surface area contributed by atoms with E-state index < -0.39 is 0 Å². The molecule has 0 radical (unpaired) electrons. The van der Waals surface area contributed by atoms with Crippen LogP contribution in [0.4, 0.5) is 5.69 Å². The van der Waals surface area contributed by atoms with Crippen LogP contribution >= 0.6 is 0 Å². The number of rotatable bonds is 2. The van der Waals surface area contributed by atoms with Crippen LogP contribution in [0.15, 0.2) is 12.1 Å². The first-order valence-corrected chi connectivity index (χ1v) is 7.59. The van der Waals surface area contributed by atoms with Crippen molar-refractivity contribution in [2.24, 2.45) is 0 Å². The zero-order chi connectivity index (χ0) is 14.1. The van der Waals surface area contributed by atoms with E-state index in [2.05, 4.69) is 24.8 Å². The molecule has 0 saturated carbocycles. The summed E-state index contributed by atoms with van der Waals surface area (Å²) in [5.74, 6) is 1.61. The van der Waals surface area contributed by atoms with Gasteiger partial charge in [-0.3, -0.25) is 4.90 Å². The molecule has 0 bridgehead atoms. The maximum Gasteiger partial charge on any atom is 0.163 e. The number of hydrogen-bond donors (Lipinski definition) is 1. The smallest absolute Gasteiger partial charge is 0.163 e. The quantitative estimate of drug-likeness (QED) is 0.844. The van der Waals surface area contributed by atoms with Gasteiger partial charge in [0.25, 0.3) is 0 Å². The molecule has 2 aliphatic rings. The summed E-state index contributed by atoms with van der Waals surface area (Å²) in [6.07, 6.45) is 3.87. The van der Waals surface area contributed by atoms with Crippen LogP contribution < -0.4 is 15.2 Å². The van der Waals surface area contributed by atoms with Crippen molar-refractivity contribution >= 4 is 5.69 Å². The average molecular weight is 276 g/mol. The van der Waals surface area contributed by atoms with Crippen molar-refractivity contribution < 1.29 is 9.47 Å². The van der Waals surface area contributed by atoms with Gasteiger partial charge in [0.2, 0.25) is 0 Å². The Bertz CT molecular complexity index is 480. The summed E-state index contributed by atoms with van der Waals surface area (Å²) in [6.45, 7) is 6.73. The predicted molar refractivity (Wildman–Crippen MR) is 80.2 cm³/mol. The Kier molecular flexibility index (Phi) is 3.74. The highest BCUT2D eigenvalue weighted by molar-refractivity contribution is 5.58. The largest absolute Gasteiger partial charge is 0.486 e. The fraction of sp³-hybridized carbons (Fsp3) is 0.625. The standard InChI is InChI=1S/C16H24N2O2/c1-11-4-3-5-12(2)18(11)10-13-8-15-16(9-14(13)17)20-7-6-19-15/h8-9,11-12H,3-7,10,17H2,1-2H3. The van der Waals surface area contributed by atoms with Crippen LogP contribution in [-0.2, 0) is 6.54 Å². The fourth-order valence-corrected chi connectivity index (χ4v) is 3.27. The van der Waals surface area contributed by atoms with Gasteiger partial charge in [0.1, 0.15) is 13.2 Å². The van der Waals surface area contributed by atoms with E-state index in [0.29, 0.717) is 25.3 Å². The van der Waals surface area contributed by atoms with Gasteiger partial charge in [-0.2, -0.15) is 0 Å². The van der Waals surface area contributed by atoms with Gasteiger partial charge >= 0.3 is 0 Å². The number of ether oxygens (including phenoxy) is 2. The Hall–Kier alpha value is -1.42. The lowest BCUT2D eigenvalue weighted by Crippen LogP contribution is -2.43. The molecule has 2 unspecified atom stereocenters. The van der Waals surface area contributed by atoms with Crippen molar-refractivity contribution in [1.29, 1.82) is 0 Å². The zero-order valence-corrected chi connectivity index (χ0v) is 12.4. The Balaban J connectivity index is 1.83. The first kappa shape index (κ1) is 13.6. The molecule has 110 valence electrons. The van der Waals surface area contributed by atoms with Crippen LogP contribution in [0, 0.1) is 0 Å². The predicted octanol–water partition coefficient (Wildman–Crippen LogP) is 2.80. The second-order valence-electron chi connectivity index (χ2n) is 6.00. The van der Waals surface area contributed by atoms with Gasteiger partial charge in [-0.15, -0.1) is 0 Å². The van der Waals surface area contributed by atoms with E-state index in [-0.39, 0.29) is 0 Å². The molecule has 0 spiro atoms. The van der Waals surface area contributed by atoms with E-state index in [1.54, 1.807) is 0 Å². The topological polar surface area (TPSA) is 47.7 Å². The van der Waals surface area contributed by atoms with Crippen LogP contribution in [0.5, 0.6) is 11.5 Å². The van der Waals surface area contributed by atoms with E-state index in [9.17, 15) is 0 Å². The van der Waals surface area contributed by atoms with Crippen LogP contribution in [0.3, 0.4) is 0 Å². The third-order valence-corrected chi connectivity index (χ3v) is 4.53. The second-order valence-corrected chi connectivity index (χ2v) is 6.00. The van der Waals surface area contributed by atoms with Crippen LogP contribution in [0.25, 0.3) is 0 Å². The minimum atomic E-state index is 0.603. The summed E-state index contributed by atoms with van der Waals surface area (Å²) in [7, 11) is 0. The number of fused-ring (bicyclic) bond motifs is 1. The molecule has 2 atom stereocenters. The van der Waals surface area contributed by atoms with Crippen LogP contribution in [0.2, 0.25) is 0 Å². The lowest BCUT2D eigenvalue weighted by molar-refractivity contribution is 0.0952. The summed E-state index contributed by atoms with van der Waals surface area (Å²) in [4.78, 5) is 2.55. The monoisotopic (exact) mass is 276 g/mol. The highest BCUT2D eigenvalue weighted by Crippen LogP contribution is 2.36. The summed E-state index contributed by atoms with van der Waals surface area (Å²) in [6, 6.07) is 5.19. The number of benzene rings is 1. The Morgan fingerprint density at radius 3 is 2.35 bits per heavy atom. The van der Waals surface area contributed by atoms with Gasteiger partial charge in [0.15, 0.2) is 11.5 Å².